The summed E-state index contributed by atoms with van der Waals surface area (Å²) in [5, 5.41) is 2.55. The molecule has 1 heterocycles. The van der Waals surface area contributed by atoms with E-state index in [0.717, 1.165) is 42.5 Å². The molecule has 1 N–H and O–H groups in total. The molecule has 31 heavy (non-hydrogen) atoms. The SMILES string of the molecule is CCOC(=O)N/C(C(=O)OCC)=C1\CCCc2c1nc1c(c2C(=O)OCC)CCCC1. The molecule has 0 bridgehead atoms. The Balaban J connectivity index is 2.21. The van der Waals surface area contributed by atoms with Crippen molar-refractivity contribution in [2.75, 3.05) is 19.8 Å². The number of carbonyl (C=O) groups is 3. The third kappa shape index (κ3) is 4.89. The van der Waals surface area contributed by atoms with E-state index in [-0.39, 0.29) is 31.5 Å². The molecule has 0 saturated heterocycles. The van der Waals surface area contributed by atoms with E-state index in [0.29, 0.717) is 36.1 Å². The van der Waals surface area contributed by atoms with Crippen LogP contribution in [0.5, 0.6) is 0 Å². The van der Waals surface area contributed by atoms with Gasteiger partial charge < -0.3 is 14.2 Å². The van der Waals surface area contributed by atoms with Gasteiger partial charge in [0.1, 0.15) is 5.70 Å². The molecule has 1 aromatic heterocycles. The van der Waals surface area contributed by atoms with Gasteiger partial charge in [-0.25, -0.2) is 14.4 Å². The highest BCUT2D eigenvalue weighted by molar-refractivity contribution is 6.02. The maximum atomic E-state index is 12.9. The number of rotatable bonds is 6. The number of nitrogens with zero attached hydrogens (tertiary/aromatic N) is 1. The average molecular weight is 431 g/mol. The maximum absolute atomic E-state index is 12.9. The number of alkyl carbamates (subject to hydrolysis) is 1. The number of aryl methyl sites for hydroxylation is 1. The van der Waals surface area contributed by atoms with Crippen molar-refractivity contribution in [3.05, 3.63) is 33.8 Å². The fraction of sp³-hybridized carbons (Fsp3) is 0.565. The van der Waals surface area contributed by atoms with Crippen molar-refractivity contribution < 1.29 is 28.6 Å². The fourth-order valence-corrected chi connectivity index (χ4v) is 4.25. The summed E-state index contributed by atoms with van der Waals surface area (Å²) < 4.78 is 15.5. The van der Waals surface area contributed by atoms with E-state index >= 15 is 0 Å². The summed E-state index contributed by atoms with van der Waals surface area (Å²) >= 11 is 0. The first-order chi connectivity index (χ1) is 15.0. The summed E-state index contributed by atoms with van der Waals surface area (Å²) in [6, 6.07) is 0. The number of ether oxygens (including phenoxy) is 3. The van der Waals surface area contributed by atoms with Gasteiger partial charge in [-0.2, -0.15) is 0 Å². The zero-order valence-electron chi connectivity index (χ0n) is 18.5. The largest absolute Gasteiger partial charge is 0.462 e. The van der Waals surface area contributed by atoms with Gasteiger partial charge in [-0.05, 0) is 76.8 Å². The minimum Gasteiger partial charge on any atom is -0.462 e. The lowest BCUT2D eigenvalue weighted by atomic mass is 9.82. The molecule has 0 unspecified atom stereocenters. The number of fused-ring (bicyclic) bond motifs is 2. The van der Waals surface area contributed by atoms with Crippen molar-refractivity contribution in [3.63, 3.8) is 0 Å². The van der Waals surface area contributed by atoms with Crippen molar-refractivity contribution >= 4 is 23.6 Å². The lowest BCUT2D eigenvalue weighted by Gasteiger charge is -2.27. The van der Waals surface area contributed by atoms with Gasteiger partial charge in [0, 0.05) is 11.3 Å². The minimum atomic E-state index is -0.728. The number of hydrogen-bond acceptors (Lipinski definition) is 7. The average Bonchev–Trinajstić information content (AvgIpc) is 2.76. The van der Waals surface area contributed by atoms with Gasteiger partial charge in [-0.15, -0.1) is 0 Å². The van der Waals surface area contributed by atoms with Crippen LogP contribution >= 0.6 is 0 Å². The lowest BCUT2D eigenvalue weighted by molar-refractivity contribution is -0.138. The highest BCUT2D eigenvalue weighted by Crippen LogP contribution is 2.38. The van der Waals surface area contributed by atoms with Gasteiger partial charge in [-0.3, -0.25) is 10.3 Å². The lowest BCUT2D eigenvalue weighted by Crippen LogP contribution is -2.31. The highest BCUT2D eigenvalue weighted by atomic mass is 16.6. The quantitative estimate of drug-likeness (QED) is 0.418. The Morgan fingerprint density at radius 3 is 2.23 bits per heavy atom. The molecule has 0 atom stereocenters. The minimum absolute atomic E-state index is 0.0271. The number of aromatic nitrogens is 1. The standard InChI is InChI=1S/C23H30N2O6/c1-4-29-21(26)18-14-10-7-8-13-17(14)24-19-15(18)11-9-12-16(19)20(22(27)30-5-2)25-23(28)31-6-3/h4-13H2,1-3H3,(H,25,28)/b20-16+. The molecule has 3 rings (SSSR count). The summed E-state index contributed by atoms with van der Waals surface area (Å²) in [7, 11) is 0. The molecule has 0 aromatic carbocycles. The molecule has 0 fully saturated rings. The van der Waals surface area contributed by atoms with Crippen molar-refractivity contribution in [2.45, 2.75) is 65.7 Å². The van der Waals surface area contributed by atoms with Gasteiger partial charge in [0.2, 0.25) is 0 Å². The molecular weight excluding hydrogens is 400 g/mol. The zero-order valence-corrected chi connectivity index (χ0v) is 18.5. The molecule has 168 valence electrons. The zero-order chi connectivity index (χ0) is 22.4. The third-order valence-electron chi connectivity index (χ3n) is 5.48. The van der Waals surface area contributed by atoms with Crippen LogP contribution in [0, 0.1) is 0 Å². The second-order valence-corrected chi connectivity index (χ2v) is 7.44. The topological polar surface area (TPSA) is 104 Å². The van der Waals surface area contributed by atoms with E-state index in [4.69, 9.17) is 19.2 Å². The second kappa shape index (κ2) is 10.4. The second-order valence-electron chi connectivity index (χ2n) is 7.44. The Bertz CT molecular complexity index is 906. The number of allylic oxidation sites excluding steroid dienone is 1. The van der Waals surface area contributed by atoms with Gasteiger partial charge in [0.25, 0.3) is 0 Å². The molecule has 0 saturated carbocycles. The number of hydrogen-bond donors (Lipinski definition) is 1. The van der Waals surface area contributed by atoms with Gasteiger partial charge in [0.15, 0.2) is 0 Å². The van der Waals surface area contributed by atoms with Crippen LogP contribution < -0.4 is 5.32 Å². The Labute approximate surface area is 182 Å². The Morgan fingerprint density at radius 1 is 0.839 bits per heavy atom. The van der Waals surface area contributed by atoms with Crippen LogP contribution in [0.4, 0.5) is 4.79 Å². The molecule has 0 spiro atoms. The predicted molar refractivity (Wildman–Crippen MR) is 113 cm³/mol. The first-order valence-corrected chi connectivity index (χ1v) is 11.1. The molecule has 0 aliphatic heterocycles. The molecule has 2 aliphatic rings. The molecule has 1 aromatic rings. The van der Waals surface area contributed by atoms with E-state index in [1.54, 1.807) is 20.8 Å². The summed E-state index contributed by atoms with van der Waals surface area (Å²) in [6.45, 7) is 5.79. The van der Waals surface area contributed by atoms with Crippen molar-refractivity contribution in [1.82, 2.24) is 10.3 Å². The van der Waals surface area contributed by atoms with Gasteiger partial charge in [0.05, 0.1) is 31.1 Å². The van der Waals surface area contributed by atoms with Crippen LogP contribution in [-0.2, 0) is 38.3 Å². The van der Waals surface area contributed by atoms with Crippen LogP contribution in [0.3, 0.4) is 0 Å². The smallest absolute Gasteiger partial charge is 0.411 e. The summed E-state index contributed by atoms with van der Waals surface area (Å²) in [5.74, 6) is -0.993. The summed E-state index contributed by atoms with van der Waals surface area (Å²) in [4.78, 5) is 42.7. The van der Waals surface area contributed by atoms with Crippen LogP contribution in [0.25, 0.3) is 5.57 Å². The number of pyridine rings is 1. The number of carbonyl (C=O) groups excluding carboxylic acids is 3. The Morgan fingerprint density at radius 2 is 1.52 bits per heavy atom. The highest BCUT2D eigenvalue weighted by Gasteiger charge is 2.32. The summed E-state index contributed by atoms with van der Waals surface area (Å²) in [5.41, 5.74) is 4.37. The van der Waals surface area contributed by atoms with Crippen molar-refractivity contribution in [1.29, 1.82) is 0 Å². The van der Waals surface area contributed by atoms with E-state index < -0.39 is 12.1 Å². The number of esters is 2. The number of amides is 1. The molecule has 1 amide bonds. The van der Waals surface area contributed by atoms with E-state index in [9.17, 15) is 14.4 Å². The van der Waals surface area contributed by atoms with Gasteiger partial charge in [-0.1, -0.05) is 0 Å². The Kier molecular flexibility index (Phi) is 7.65. The molecular formula is C23H30N2O6. The monoisotopic (exact) mass is 430 g/mol. The van der Waals surface area contributed by atoms with Gasteiger partial charge >= 0.3 is 18.0 Å². The van der Waals surface area contributed by atoms with Crippen LogP contribution in [0.2, 0.25) is 0 Å². The normalized spacial score (nSPS) is 16.5. The van der Waals surface area contributed by atoms with E-state index in [1.807, 2.05) is 0 Å². The molecule has 8 heteroatoms. The molecule has 2 aliphatic carbocycles. The third-order valence-corrected chi connectivity index (χ3v) is 5.48. The molecule has 8 nitrogen and oxygen atoms in total. The van der Waals surface area contributed by atoms with Crippen LogP contribution in [0.15, 0.2) is 5.70 Å². The Hall–Kier alpha value is -2.90. The molecule has 0 radical (unpaired) electrons. The van der Waals surface area contributed by atoms with Crippen molar-refractivity contribution in [2.24, 2.45) is 0 Å². The van der Waals surface area contributed by atoms with E-state index in [2.05, 4.69) is 5.32 Å². The predicted octanol–water partition coefficient (Wildman–Crippen LogP) is 3.49. The maximum Gasteiger partial charge on any atom is 0.411 e. The number of nitrogens with one attached hydrogen (secondary N) is 1. The van der Waals surface area contributed by atoms with Crippen LogP contribution in [-0.4, -0.2) is 42.8 Å². The first kappa shape index (κ1) is 22.8. The summed E-state index contributed by atoms with van der Waals surface area (Å²) in [6.07, 6.45) is 4.71. The van der Waals surface area contributed by atoms with Crippen LogP contribution in [0.1, 0.15) is 79.3 Å². The first-order valence-electron chi connectivity index (χ1n) is 11.1. The fourth-order valence-electron chi connectivity index (χ4n) is 4.25. The van der Waals surface area contributed by atoms with E-state index in [1.165, 1.54) is 0 Å². The van der Waals surface area contributed by atoms with Crippen molar-refractivity contribution in [3.8, 4) is 0 Å².